The summed E-state index contributed by atoms with van der Waals surface area (Å²) in [5.41, 5.74) is 1.70. The molecule has 1 fully saturated rings. The summed E-state index contributed by atoms with van der Waals surface area (Å²) in [5.74, 6) is 2.07. The normalized spacial score (nSPS) is 21.6. The highest BCUT2D eigenvalue weighted by Gasteiger charge is 2.28. The third kappa shape index (κ3) is 3.31. The summed E-state index contributed by atoms with van der Waals surface area (Å²) in [5, 5.41) is 12.2. The smallest absolute Gasteiger partial charge is 0.247 e. The Kier molecular flexibility index (Phi) is 4.06. The highest BCUT2D eigenvalue weighted by Crippen LogP contribution is 2.27. The third-order valence-corrected chi connectivity index (χ3v) is 4.08. The average molecular weight is 341 g/mol. The van der Waals surface area contributed by atoms with Crippen LogP contribution in [0.25, 0.3) is 22.8 Å². The van der Waals surface area contributed by atoms with E-state index in [0.29, 0.717) is 23.5 Å². The molecule has 0 unspecified atom stereocenters. The molecule has 8 nitrogen and oxygen atoms in total. The fourth-order valence-corrected chi connectivity index (χ4v) is 2.96. The van der Waals surface area contributed by atoms with Gasteiger partial charge in [0.05, 0.1) is 6.10 Å². The molecule has 0 bridgehead atoms. The van der Waals surface area contributed by atoms with Gasteiger partial charge in [-0.25, -0.2) is 0 Å². The van der Waals surface area contributed by atoms with Crippen LogP contribution in [0, 0.1) is 6.92 Å². The first-order valence-electron chi connectivity index (χ1n) is 8.17. The molecule has 0 amide bonds. The van der Waals surface area contributed by atoms with Gasteiger partial charge in [-0.05, 0) is 26.1 Å². The lowest BCUT2D eigenvalue weighted by Crippen LogP contribution is -2.40. The van der Waals surface area contributed by atoms with Crippen LogP contribution in [0.2, 0.25) is 0 Å². The van der Waals surface area contributed by atoms with Crippen molar-refractivity contribution in [2.45, 2.75) is 26.1 Å². The first-order chi connectivity index (χ1) is 12.1. The van der Waals surface area contributed by atoms with Gasteiger partial charge in [-0.1, -0.05) is 17.3 Å². The Morgan fingerprint density at radius 2 is 1.84 bits per heavy atom. The minimum Gasteiger partial charge on any atom is -0.418 e. The number of rotatable bonds is 3. The zero-order chi connectivity index (χ0) is 17.4. The molecule has 3 aromatic rings. The summed E-state index contributed by atoms with van der Waals surface area (Å²) >= 11 is 0. The van der Waals surface area contributed by atoms with Crippen LogP contribution in [0.5, 0.6) is 0 Å². The quantitative estimate of drug-likeness (QED) is 0.718. The molecule has 1 aromatic carbocycles. The van der Waals surface area contributed by atoms with Gasteiger partial charge in [0.1, 0.15) is 6.10 Å². The molecule has 25 heavy (non-hydrogen) atoms. The first kappa shape index (κ1) is 15.9. The Hall–Kier alpha value is -2.58. The van der Waals surface area contributed by atoms with Crippen LogP contribution in [-0.4, -0.2) is 51.5 Å². The lowest BCUT2D eigenvalue weighted by Gasteiger charge is -2.32. The van der Waals surface area contributed by atoms with Crippen LogP contribution < -0.4 is 0 Å². The van der Waals surface area contributed by atoms with Gasteiger partial charge in [0.15, 0.2) is 0 Å². The second-order valence-corrected chi connectivity index (χ2v) is 6.32. The summed E-state index contributed by atoms with van der Waals surface area (Å²) in [7, 11) is 2.06. The topological polar surface area (TPSA) is 90.3 Å². The predicted molar refractivity (Wildman–Crippen MR) is 88.5 cm³/mol. The van der Waals surface area contributed by atoms with Gasteiger partial charge < -0.3 is 18.6 Å². The maximum Gasteiger partial charge on any atom is 0.247 e. The van der Waals surface area contributed by atoms with Crippen molar-refractivity contribution in [3.8, 4) is 22.8 Å². The molecular weight excluding hydrogens is 322 g/mol. The van der Waals surface area contributed by atoms with Crippen molar-refractivity contribution >= 4 is 0 Å². The maximum atomic E-state index is 5.91. The van der Waals surface area contributed by atoms with E-state index in [1.54, 1.807) is 6.92 Å². The number of aromatic nitrogens is 4. The van der Waals surface area contributed by atoms with Crippen LogP contribution in [0.15, 0.2) is 33.2 Å². The Labute approximate surface area is 144 Å². The maximum absolute atomic E-state index is 5.91. The molecule has 4 rings (SSSR count). The van der Waals surface area contributed by atoms with Crippen molar-refractivity contribution < 1.29 is 13.7 Å². The number of likely N-dealkylation sites (N-methyl/N-ethyl adjacent to an activating group) is 1. The number of morpholine rings is 1. The van der Waals surface area contributed by atoms with E-state index in [-0.39, 0.29) is 12.2 Å². The highest BCUT2D eigenvalue weighted by atomic mass is 16.5. The van der Waals surface area contributed by atoms with E-state index in [9.17, 15) is 0 Å². The average Bonchev–Trinajstić information content (AvgIpc) is 3.23. The molecule has 2 aromatic heterocycles. The van der Waals surface area contributed by atoms with Crippen LogP contribution in [0.3, 0.4) is 0 Å². The third-order valence-electron chi connectivity index (χ3n) is 4.08. The van der Waals surface area contributed by atoms with Gasteiger partial charge in [0.2, 0.25) is 23.5 Å². The fourth-order valence-electron chi connectivity index (χ4n) is 2.96. The van der Waals surface area contributed by atoms with E-state index in [1.807, 2.05) is 31.2 Å². The zero-order valence-electron chi connectivity index (χ0n) is 14.3. The molecule has 1 aliphatic heterocycles. The van der Waals surface area contributed by atoms with Gasteiger partial charge >= 0.3 is 0 Å². The van der Waals surface area contributed by atoms with E-state index < -0.39 is 0 Å². The number of nitrogens with zero attached hydrogens (tertiary/aromatic N) is 5. The van der Waals surface area contributed by atoms with Gasteiger partial charge in [0, 0.05) is 31.1 Å². The minimum atomic E-state index is -0.198. The van der Waals surface area contributed by atoms with Crippen LogP contribution in [0.4, 0.5) is 0 Å². The molecule has 2 atom stereocenters. The van der Waals surface area contributed by atoms with Crippen molar-refractivity contribution in [1.29, 1.82) is 0 Å². The van der Waals surface area contributed by atoms with Gasteiger partial charge in [-0.15, -0.1) is 10.2 Å². The highest BCUT2D eigenvalue weighted by molar-refractivity contribution is 5.61. The minimum absolute atomic E-state index is 0.136. The van der Waals surface area contributed by atoms with E-state index in [0.717, 1.165) is 24.2 Å². The second-order valence-electron chi connectivity index (χ2n) is 6.32. The second kappa shape index (κ2) is 6.38. The zero-order valence-corrected chi connectivity index (χ0v) is 14.3. The van der Waals surface area contributed by atoms with Gasteiger partial charge in [0.25, 0.3) is 0 Å². The molecule has 0 spiro atoms. The Bertz CT molecular complexity index is 847. The summed E-state index contributed by atoms with van der Waals surface area (Å²) in [4.78, 5) is 6.41. The largest absolute Gasteiger partial charge is 0.418 e. The molecule has 3 heterocycles. The lowest BCUT2D eigenvalue weighted by molar-refractivity contribution is -0.0821. The molecule has 0 radical (unpaired) electrons. The molecule has 1 saturated heterocycles. The van der Waals surface area contributed by atoms with Crippen molar-refractivity contribution in [2.75, 3.05) is 20.1 Å². The summed E-state index contributed by atoms with van der Waals surface area (Å²) in [6.45, 7) is 5.44. The number of aryl methyl sites for hydroxylation is 1. The number of benzene rings is 1. The van der Waals surface area contributed by atoms with Gasteiger partial charge in [-0.2, -0.15) is 4.98 Å². The van der Waals surface area contributed by atoms with Crippen molar-refractivity contribution in [1.82, 2.24) is 25.2 Å². The molecule has 0 saturated carbocycles. The van der Waals surface area contributed by atoms with Crippen molar-refractivity contribution in [2.24, 2.45) is 0 Å². The number of hydrogen-bond acceptors (Lipinski definition) is 8. The van der Waals surface area contributed by atoms with Crippen LogP contribution >= 0.6 is 0 Å². The monoisotopic (exact) mass is 341 g/mol. The lowest BCUT2D eigenvalue weighted by atomic mass is 10.1. The molecular formula is C17H19N5O3. The van der Waals surface area contributed by atoms with E-state index in [2.05, 4.69) is 32.3 Å². The van der Waals surface area contributed by atoms with Crippen molar-refractivity contribution in [3.63, 3.8) is 0 Å². The fraction of sp³-hybridized carbons (Fsp3) is 0.412. The van der Waals surface area contributed by atoms with E-state index in [1.165, 1.54) is 0 Å². The molecule has 8 heteroatoms. The molecule has 1 aliphatic rings. The van der Waals surface area contributed by atoms with Crippen LogP contribution in [-0.2, 0) is 4.74 Å². The summed E-state index contributed by atoms with van der Waals surface area (Å²) in [6, 6.07) is 7.59. The standard InChI is InChI=1S/C17H19N5O3/c1-10-8-22(3)9-14(23-10)17-20-19-16(24-17)13-6-4-12(5-7-13)15-18-11(2)25-21-15/h4-7,10,14H,8-9H2,1-3H3/t10-,14-/m1/s1. The van der Waals surface area contributed by atoms with E-state index in [4.69, 9.17) is 13.7 Å². The molecule has 0 aliphatic carbocycles. The summed E-state index contributed by atoms with van der Waals surface area (Å²) in [6.07, 6.45) is -0.0617. The molecule has 0 N–H and O–H groups in total. The van der Waals surface area contributed by atoms with Gasteiger partial charge in [-0.3, -0.25) is 0 Å². The Morgan fingerprint density at radius 3 is 2.52 bits per heavy atom. The SMILES string of the molecule is Cc1nc(-c2ccc(-c3nnc([C@H]4CN(C)C[C@@H](C)O4)o3)cc2)no1. The Morgan fingerprint density at radius 1 is 1.08 bits per heavy atom. The van der Waals surface area contributed by atoms with E-state index >= 15 is 0 Å². The number of hydrogen-bond donors (Lipinski definition) is 0. The number of ether oxygens (including phenoxy) is 1. The van der Waals surface area contributed by atoms with Crippen LogP contribution in [0.1, 0.15) is 24.8 Å². The first-order valence-corrected chi connectivity index (χ1v) is 8.17. The predicted octanol–water partition coefficient (Wildman–Crippen LogP) is 2.49. The van der Waals surface area contributed by atoms with Crippen molar-refractivity contribution in [3.05, 3.63) is 36.0 Å². The molecule has 130 valence electrons. The Balaban J connectivity index is 1.54. The summed E-state index contributed by atoms with van der Waals surface area (Å²) < 4.78 is 16.7.